The number of aryl methyl sites for hydroxylation is 1. The second kappa shape index (κ2) is 11.2. The van der Waals surface area contributed by atoms with E-state index in [1.165, 1.54) is 23.5 Å². The van der Waals surface area contributed by atoms with Crippen molar-refractivity contribution in [3.63, 3.8) is 0 Å². The molecule has 1 amide bonds. The van der Waals surface area contributed by atoms with E-state index >= 15 is 0 Å². The molecule has 1 aliphatic rings. The second-order valence-corrected chi connectivity index (χ2v) is 13.3. The summed E-state index contributed by atoms with van der Waals surface area (Å²) in [6, 6.07) is 16.8. The Morgan fingerprint density at radius 2 is 1.84 bits per heavy atom. The van der Waals surface area contributed by atoms with Gasteiger partial charge in [0.25, 0.3) is 5.91 Å². The molecule has 3 aromatic carbocycles. The molecule has 0 aliphatic carbocycles. The van der Waals surface area contributed by atoms with Gasteiger partial charge >= 0.3 is 0 Å². The first-order valence-electron chi connectivity index (χ1n) is 14.5. The Bertz CT molecular complexity index is 2030. The van der Waals surface area contributed by atoms with E-state index in [0.717, 1.165) is 17.3 Å². The van der Waals surface area contributed by atoms with E-state index in [4.69, 9.17) is 4.42 Å². The molecule has 1 atom stereocenters. The van der Waals surface area contributed by atoms with E-state index < -0.39 is 15.8 Å². The van der Waals surface area contributed by atoms with Crippen LogP contribution >= 0.6 is 0 Å². The summed E-state index contributed by atoms with van der Waals surface area (Å²) in [6.45, 7) is 2.64. The van der Waals surface area contributed by atoms with Crippen LogP contribution in [0.5, 0.6) is 0 Å². The number of nitrogens with zero attached hydrogens (tertiary/aromatic N) is 4. The molecular formula is C33H33FN4O5S. The van der Waals surface area contributed by atoms with Crippen molar-refractivity contribution in [2.45, 2.75) is 32.1 Å². The highest BCUT2D eigenvalue weighted by Crippen LogP contribution is 2.42. The molecule has 1 aliphatic heterocycles. The van der Waals surface area contributed by atoms with Gasteiger partial charge in [0.2, 0.25) is 10.0 Å². The Hall–Kier alpha value is -4.51. The molecule has 2 aromatic heterocycles. The molecule has 0 N–H and O–H groups in total. The molecule has 0 radical (unpaired) electrons. The number of rotatable bonds is 7. The number of hydrogen-bond acceptors (Lipinski definition) is 6. The van der Waals surface area contributed by atoms with Gasteiger partial charge in [0.05, 0.1) is 28.5 Å². The Morgan fingerprint density at radius 1 is 1.11 bits per heavy atom. The fourth-order valence-electron chi connectivity index (χ4n) is 6.08. The predicted octanol–water partition coefficient (Wildman–Crippen LogP) is 6.13. The van der Waals surface area contributed by atoms with Gasteiger partial charge in [-0.3, -0.25) is 13.9 Å². The highest BCUT2D eigenvalue weighted by Gasteiger charge is 2.32. The molecule has 0 unspecified atom stereocenters. The first kappa shape index (κ1) is 29.6. The maximum atomic E-state index is 13.8. The Kier molecular flexibility index (Phi) is 7.53. The fourth-order valence-corrected chi connectivity index (χ4v) is 6.59. The lowest BCUT2D eigenvalue weighted by molar-refractivity contribution is 0.0691. The van der Waals surface area contributed by atoms with E-state index in [9.17, 15) is 22.4 Å². The molecular weight excluding hydrogens is 583 g/mol. The first-order valence-corrected chi connectivity index (χ1v) is 16.4. The number of imidazole rings is 1. The summed E-state index contributed by atoms with van der Waals surface area (Å²) in [4.78, 5) is 33.4. The first-order chi connectivity index (χ1) is 21.0. The lowest BCUT2D eigenvalue weighted by atomic mass is 9.87. The zero-order valence-corrected chi connectivity index (χ0v) is 25.8. The third-order valence-corrected chi connectivity index (χ3v) is 9.70. The number of Topliss-reactive ketones (excluding diaryl/α,β-unsaturated/α-hetero) is 1. The van der Waals surface area contributed by atoms with Crippen LogP contribution in [0.2, 0.25) is 0 Å². The Balaban J connectivity index is 1.47. The number of likely N-dealkylation sites (tertiary alicyclic amines) is 1. The number of carbonyl (C=O) groups is 2. The molecule has 5 aromatic rings. The van der Waals surface area contributed by atoms with Crippen LogP contribution in [0.25, 0.3) is 33.3 Å². The number of piperidine rings is 1. The van der Waals surface area contributed by atoms with Gasteiger partial charge in [0, 0.05) is 56.5 Å². The lowest BCUT2D eigenvalue weighted by Gasteiger charge is -2.34. The number of fused-ring (bicyclic) bond motifs is 2. The van der Waals surface area contributed by atoms with Gasteiger partial charge in [0.15, 0.2) is 11.6 Å². The summed E-state index contributed by atoms with van der Waals surface area (Å²) in [5.41, 5.74) is 3.96. The zero-order chi connectivity index (χ0) is 31.3. The number of benzene rings is 3. The van der Waals surface area contributed by atoms with Crippen LogP contribution in [0.15, 0.2) is 65.1 Å². The van der Waals surface area contributed by atoms with Gasteiger partial charge in [-0.25, -0.2) is 17.8 Å². The van der Waals surface area contributed by atoms with Crippen molar-refractivity contribution in [3.05, 3.63) is 83.4 Å². The summed E-state index contributed by atoms with van der Waals surface area (Å²) in [7, 11) is -0.371. The van der Waals surface area contributed by atoms with Crippen LogP contribution in [0.4, 0.5) is 10.1 Å². The molecule has 6 rings (SSSR count). The van der Waals surface area contributed by atoms with Gasteiger partial charge in [0.1, 0.15) is 17.2 Å². The zero-order valence-electron chi connectivity index (χ0n) is 25.0. The molecule has 9 nitrogen and oxygen atoms in total. The van der Waals surface area contributed by atoms with Crippen molar-refractivity contribution in [1.29, 1.82) is 0 Å². The minimum absolute atomic E-state index is 0.152. The van der Waals surface area contributed by atoms with Crippen LogP contribution in [-0.4, -0.2) is 61.0 Å². The van der Waals surface area contributed by atoms with E-state index in [2.05, 4.69) is 4.98 Å². The summed E-state index contributed by atoms with van der Waals surface area (Å²) >= 11 is 0. The van der Waals surface area contributed by atoms with E-state index in [-0.39, 0.29) is 24.0 Å². The predicted molar refractivity (Wildman–Crippen MR) is 168 cm³/mol. The third kappa shape index (κ3) is 5.15. The standard InChI is InChI=1S/C33H33FN4O5S/c1-5-28(39)30-24-17-23(21-9-8-16-38(19-21)33(40)32-35-25-10-6-7-11-26(25)36(32)2)27(37(3)44(4,41)42)18-29(24)43-31(30)20-12-14-22(34)15-13-20/h6-7,10-15,17-18,21H,5,8-9,16,19H2,1-4H3/t21-/m0/s1. The number of para-hydroxylation sites is 2. The van der Waals surface area contributed by atoms with Crippen molar-refractivity contribution in [3.8, 4) is 11.3 Å². The van der Waals surface area contributed by atoms with E-state index in [0.29, 0.717) is 70.9 Å². The summed E-state index contributed by atoms with van der Waals surface area (Å²) in [5, 5.41) is 0.552. The number of halogens is 1. The molecule has 3 heterocycles. The van der Waals surface area contributed by atoms with E-state index in [1.54, 1.807) is 34.6 Å². The second-order valence-electron chi connectivity index (χ2n) is 11.3. The van der Waals surface area contributed by atoms with Crippen LogP contribution < -0.4 is 4.31 Å². The van der Waals surface area contributed by atoms with Crippen molar-refractivity contribution in [1.82, 2.24) is 14.5 Å². The number of ketones is 1. The molecule has 1 fully saturated rings. The topological polar surface area (TPSA) is 106 Å². The van der Waals surface area contributed by atoms with Gasteiger partial charge in [-0.2, -0.15) is 0 Å². The largest absolute Gasteiger partial charge is 0.455 e. The highest BCUT2D eigenvalue weighted by atomic mass is 32.2. The average molecular weight is 617 g/mol. The molecule has 0 spiro atoms. The highest BCUT2D eigenvalue weighted by molar-refractivity contribution is 7.92. The molecule has 44 heavy (non-hydrogen) atoms. The Morgan fingerprint density at radius 3 is 2.52 bits per heavy atom. The monoisotopic (exact) mass is 616 g/mol. The maximum absolute atomic E-state index is 13.8. The van der Waals surface area contributed by atoms with Gasteiger partial charge in [-0.05, 0) is 60.9 Å². The van der Waals surface area contributed by atoms with Crippen molar-refractivity contribution in [2.75, 3.05) is 30.7 Å². The molecule has 228 valence electrons. The fraction of sp³-hybridized carbons (Fsp3) is 0.303. The van der Waals surface area contributed by atoms with Crippen molar-refractivity contribution >= 4 is 49.4 Å². The number of amides is 1. The maximum Gasteiger partial charge on any atom is 0.289 e. The van der Waals surface area contributed by atoms with Crippen LogP contribution in [0.1, 0.15) is 58.6 Å². The summed E-state index contributed by atoms with van der Waals surface area (Å²) in [6.07, 6.45) is 2.75. The van der Waals surface area contributed by atoms with Gasteiger partial charge in [-0.15, -0.1) is 0 Å². The number of furan rings is 1. The molecule has 1 saturated heterocycles. The van der Waals surface area contributed by atoms with Gasteiger partial charge < -0.3 is 13.9 Å². The SMILES string of the molecule is CCC(=O)c1c(-c2ccc(F)cc2)oc2cc(N(C)S(C)(=O)=O)c([C@H]3CCCN(C(=O)c4nc5ccccc5n4C)C3)cc12. The van der Waals surface area contributed by atoms with Crippen LogP contribution in [-0.2, 0) is 17.1 Å². The molecule has 0 saturated carbocycles. The average Bonchev–Trinajstić information content (AvgIpc) is 3.56. The van der Waals surface area contributed by atoms with E-state index in [1.807, 2.05) is 37.4 Å². The number of carbonyl (C=O) groups excluding carboxylic acids is 2. The lowest BCUT2D eigenvalue weighted by Crippen LogP contribution is -2.40. The minimum atomic E-state index is -3.67. The normalized spacial score (nSPS) is 15.7. The van der Waals surface area contributed by atoms with Gasteiger partial charge in [-0.1, -0.05) is 19.1 Å². The quantitative estimate of drug-likeness (QED) is 0.204. The summed E-state index contributed by atoms with van der Waals surface area (Å²) in [5.74, 6) is -0.344. The number of anilines is 1. The number of aromatic nitrogens is 2. The summed E-state index contributed by atoms with van der Waals surface area (Å²) < 4.78 is 48.5. The Labute approximate surface area is 254 Å². The van der Waals surface area contributed by atoms with Crippen LogP contribution in [0, 0.1) is 5.82 Å². The minimum Gasteiger partial charge on any atom is -0.455 e. The molecule has 11 heteroatoms. The van der Waals surface area contributed by atoms with Crippen LogP contribution in [0.3, 0.4) is 0 Å². The number of hydrogen-bond donors (Lipinski definition) is 0. The van der Waals surface area contributed by atoms with Crippen molar-refractivity contribution < 1.29 is 26.8 Å². The van der Waals surface area contributed by atoms with Crippen molar-refractivity contribution in [2.24, 2.45) is 7.05 Å². The third-order valence-electron chi connectivity index (χ3n) is 8.51. The molecule has 0 bridgehead atoms. The number of sulfonamides is 1. The smallest absolute Gasteiger partial charge is 0.289 e.